The molecule has 0 radical (unpaired) electrons. The molecular weight excluding hydrogens is 463 g/mol. The quantitative estimate of drug-likeness (QED) is 0.536. The van der Waals surface area contributed by atoms with Gasteiger partial charge in [0, 0.05) is 20.5 Å². The van der Waals surface area contributed by atoms with Gasteiger partial charge in [-0.3, -0.25) is 9.52 Å². The van der Waals surface area contributed by atoms with Gasteiger partial charge in [0.05, 0.1) is 4.90 Å². The molecular formula is C19H15IN2O3S. The highest BCUT2D eigenvalue weighted by Crippen LogP contribution is 2.17. The highest BCUT2D eigenvalue weighted by atomic mass is 127. The van der Waals surface area contributed by atoms with Crippen LogP contribution < -0.4 is 10.0 Å². The average molecular weight is 478 g/mol. The van der Waals surface area contributed by atoms with Gasteiger partial charge in [-0.25, -0.2) is 8.42 Å². The van der Waals surface area contributed by atoms with Crippen LogP contribution in [0.25, 0.3) is 0 Å². The zero-order valence-electron chi connectivity index (χ0n) is 13.5. The van der Waals surface area contributed by atoms with Crippen LogP contribution in [0.2, 0.25) is 0 Å². The van der Waals surface area contributed by atoms with Crippen LogP contribution in [0.4, 0.5) is 11.4 Å². The van der Waals surface area contributed by atoms with E-state index in [4.69, 9.17) is 0 Å². The summed E-state index contributed by atoms with van der Waals surface area (Å²) >= 11 is 2.19. The summed E-state index contributed by atoms with van der Waals surface area (Å²) in [5.41, 5.74) is 1.52. The van der Waals surface area contributed by atoms with E-state index in [1.54, 1.807) is 42.5 Å². The Morgan fingerprint density at radius 3 is 1.96 bits per heavy atom. The van der Waals surface area contributed by atoms with Crippen LogP contribution in [-0.4, -0.2) is 14.3 Å². The largest absolute Gasteiger partial charge is 0.322 e. The second kappa shape index (κ2) is 7.88. The van der Waals surface area contributed by atoms with Gasteiger partial charge in [0.1, 0.15) is 0 Å². The lowest BCUT2D eigenvalue weighted by Crippen LogP contribution is -2.14. The van der Waals surface area contributed by atoms with Crippen molar-refractivity contribution in [2.75, 3.05) is 10.0 Å². The first-order chi connectivity index (χ1) is 12.4. The van der Waals surface area contributed by atoms with E-state index in [1.165, 1.54) is 12.1 Å². The van der Waals surface area contributed by atoms with Crippen LogP contribution in [0, 0.1) is 3.57 Å². The molecule has 0 saturated heterocycles. The number of halogens is 1. The van der Waals surface area contributed by atoms with E-state index < -0.39 is 10.0 Å². The Bertz CT molecular complexity index is 1000. The molecule has 0 atom stereocenters. The number of carbonyl (C=O) groups excluding carboxylic acids is 1. The van der Waals surface area contributed by atoms with E-state index in [1.807, 2.05) is 24.3 Å². The minimum atomic E-state index is -3.65. The third kappa shape index (κ3) is 4.61. The maximum absolute atomic E-state index is 12.3. The molecule has 3 aromatic rings. The Morgan fingerprint density at radius 1 is 0.769 bits per heavy atom. The first kappa shape index (κ1) is 18.4. The molecule has 1 amide bonds. The minimum Gasteiger partial charge on any atom is -0.322 e. The fourth-order valence-electron chi connectivity index (χ4n) is 2.24. The van der Waals surface area contributed by atoms with E-state index >= 15 is 0 Å². The van der Waals surface area contributed by atoms with Gasteiger partial charge in [-0.1, -0.05) is 18.2 Å². The summed E-state index contributed by atoms with van der Waals surface area (Å²) < 4.78 is 28.2. The molecule has 0 fully saturated rings. The molecule has 3 aromatic carbocycles. The lowest BCUT2D eigenvalue weighted by molar-refractivity contribution is 0.102. The van der Waals surface area contributed by atoms with E-state index in [2.05, 4.69) is 32.6 Å². The Morgan fingerprint density at radius 2 is 1.35 bits per heavy atom. The summed E-state index contributed by atoms with van der Waals surface area (Å²) in [6.45, 7) is 0. The molecule has 0 unspecified atom stereocenters. The van der Waals surface area contributed by atoms with Crippen molar-refractivity contribution in [3.05, 3.63) is 88.0 Å². The fourth-order valence-corrected chi connectivity index (χ4v) is 3.68. The second-order valence-electron chi connectivity index (χ2n) is 5.46. The number of anilines is 2. The van der Waals surface area contributed by atoms with Crippen LogP contribution >= 0.6 is 22.6 Å². The number of hydrogen-bond donors (Lipinski definition) is 2. The molecule has 132 valence electrons. The van der Waals surface area contributed by atoms with Crippen molar-refractivity contribution >= 4 is 49.9 Å². The number of sulfonamides is 1. The summed E-state index contributed by atoms with van der Waals surface area (Å²) in [5, 5.41) is 2.80. The van der Waals surface area contributed by atoms with Gasteiger partial charge in [-0.2, -0.15) is 0 Å². The summed E-state index contributed by atoms with van der Waals surface area (Å²) in [6, 6.07) is 21.8. The van der Waals surface area contributed by atoms with E-state index in [0.29, 0.717) is 16.9 Å². The molecule has 0 bridgehead atoms. The minimum absolute atomic E-state index is 0.181. The number of nitrogens with one attached hydrogen (secondary N) is 2. The van der Waals surface area contributed by atoms with Crippen molar-refractivity contribution in [1.82, 2.24) is 0 Å². The third-order valence-corrected chi connectivity index (χ3v) is 5.67. The standard InChI is InChI=1S/C19H15IN2O3S/c20-15-8-12-16(13-9-15)21-19(23)14-6-10-17(11-7-14)22-26(24,25)18-4-2-1-3-5-18/h1-13,22H,(H,21,23). The Hall–Kier alpha value is -2.39. The normalized spacial score (nSPS) is 11.0. The van der Waals surface area contributed by atoms with Crippen molar-refractivity contribution < 1.29 is 13.2 Å². The van der Waals surface area contributed by atoms with Crippen LogP contribution in [0.3, 0.4) is 0 Å². The molecule has 0 aliphatic heterocycles. The van der Waals surface area contributed by atoms with Crippen molar-refractivity contribution in [2.24, 2.45) is 0 Å². The number of rotatable bonds is 5. The predicted octanol–water partition coefficient (Wildman–Crippen LogP) is 4.34. The topological polar surface area (TPSA) is 75.3 Å². The molecule has 0 aromatic heterocycles. The summed E-state index contributed by atoms with van der Waals surface area (Å²) in [4.78, 5) is 12.4. The van der Waals surface area contributed by atoms with E-state index in [9.17, 15) is 13.2 Å². The number of hydrogen-bond acceptors (Lipinski definition) is 3. The lowest BCUT2D eigenvalue weighted by atomic mass is 10.2. The Labute approximate surface area is 165 Å². The van der Waals surface area contributed by atoms with Crippen LogP contribution in [0.1, 0.15) is 10.4 Å². The maximum Gasteiger partial charge on any atom is 0.261 e. The second-order valence-corrected chi connectivity index (χ2v) is 8.38. The highest BCUT2D eigenvalue weighted by molar-refractivity contribution is 14.1. The number of carbonyl (C=O) groups is 1. The Kier molecular flexibility index (Phi) is 5.58. The van der Waals surface area contributed by atoms with Crippen LogP contribution in [0.15, 0.2) is 83.8 Å². The smallest absolute Gasteiger partial charge is 0.261 e. The summed E-state index contributed by atoms with van der Waals surface area (Å²) in [7, 11) is -3.65. The van der Waals surface area contributed by atoms with Gasteiger partial charge in [-0.05, 0) is 83.3 Å². The fraction of sp³-hybridized carbons (Fsp3) is 0. The third-order valence-electron chi connectivity index (χ3n) is 3.55. The van der Waals surface area contributed by atoms with Gasteiger partial charge in [0.15, 0.2) is 0 Å². The molecule has 3 rings (SSSR count). The number of amides is 1. The summed E-state index contributed by atoms with van der Waals surface area (Å²) in [5.74, 6) is -0.260. The molecule has 0 aliphatic carbocycles. The summed E-state index contributed by atoms with van der Waals surface area (Å²) in [6.07, 6.45) is 0. The van der Waals surface area contributed by atoms with Gasteiger partial charge in [0.2, 0.25) is 0 Å². The van der Waals surface area contributed by atoms with Gasteiger partial charge in [0.25, 0.3) is 15.9 Å². The molecule has 26 heavy (non-hydrogen) atoms. The van der Waals surface area contributed by atoms with Crippen LogP contribution in [-0.2, 0) is 10.0 Å². The molecule has 0 spiro atoms. The molecule has 7 heteroatoms. The SMILES string of the molecule is O=C(Nc1ccc(I)cc1)c1ccc(NS(=O)(=O)c2ccccc2)cc1. The molecule has 5 nitrogen and oxygen atoms in total. The van der Waals surface area contributed by atoms with Gasteiger partial charge < -0.3 is 5.32 Å². The predicted molar refractivity (Wildman–Crippen MR) is 111 cm³/mol. The first-order valence-corrected chi connectivity index (χ1v) is 10.3. The van der Waals surface area contributed by atoms with Crippen molar-refractivity contribution in [2.45, 2.75) is 4.90 Å². The zero-order valence-corrected chi connectivity index (χ0v) is 16.5. The van der Waals surface area contributed by atoms with Gasteiger partial charge >= 0.3 is 0 Å². The maximum atomic E-state index is 12.3. The van der Waals surface area contributed by atoms with Crippen molar-refractivity contribution in [3.63, 3.8) is 0 Å². The van der Waals surface area contributed by atoms with Gasteiger partial charge in [-0.15, -0.1) is 0 Å². The average Bonchev–Trinajstić information content (AvgIpc) is 2.64. The highest BCUT2D eigenvalue weighted by Gasteiger charge is 2.14. The van der Waals surface area contributed by atoms with Crippen molar-refractivity contribution in [1.29, 1.82) is 0 Å². The van der Waals surface area contributed by atoms with Crippen molar-refractivity contribution in [3.8, 4) is 0 Å². The molecule has 0 aliphatic rings. The Balaban J connectivity index is 1.70. The number of benzene rings is 3. The zero-order chi connectivity index (χ0) is 18.6. The monoisotopic (exact) mass is 478 g/mol. The first-order valence-electron chi connectivity index (χ1n) is 7.69. The molecule has 0 saturated carbocycles. The lowest BCUT2D eigenvalue weighted by Gasteiger charge is -2.09. The van der Waals surface area contributed by atoms with E-state index in [-0.39, 0.29) is 10.8 Å². The molecule has 2 N–H and O–H groups in total. The van der Waals surface area contributed by atoms with Crippen LogP contribution in [0.5, 0.6) is 0 Å². The molecule has 0 heterocycles. The van der Waals surface area contributed by atoms with E-state index in [0.717, 1.165) is 3.57 Å².